The van der Waals surface area contributed by atoms with Gasteiger partial charge in [-0.05, 0) is 48.5 Å². The van der Waals surface area contributed by atoms with Crippen LogP contribution in [0.15, 0.2) is 71.5 Å². The summed E-state index contributed by atoms with van der Waals surface area (Å²) < 4.78 is 13.4. The molecule has 3 aromatic carbocycles. The first-order valence-electron chi connectivity index (χ1n) is 7.73. The average Bonchev–Trinajstić information content (AvgIpc) is 2.63. The highest BCUT2D eigenvalue weighted by atomic mass is 19.1. The van der Waals surface area contributed by atoms with Gasteiger partial charge in [-0.15, -0.1) is 0 Å². The van der Waals surface area contributed by atoms with Gasteiger partial charge in [0.1, 0.15) is 5.82 Å². The molecule has 0 atom stereocenters. The quantitative estimate of drug-likeness (QED) is 0.544. The maximum absolute atomic E-state index is 13.4. The van der Waals surface area contributed by atoms with Crippen LogP contribution in [0.25, 0.3) is 21.8 Å². The number of fused-ring (bicyclic) bond motifs is 2. The largest absolute Gasteiger partial charge is 0.354 e. The summed E-state index contributed by atoms with van der Waals surface area (Å²) in [5, 5.41) is 3.38. The number of amides is 1. The third-order valence-electron chi connectivity index (χ3n) is 4.05. The van der Waals surface area contributed by atoms with Crippen LogP contribution in [-0.4, -0.2) is 10.9 Å². The van der Waals surface area contributed by atoms with E-state index in [2.05, 4.69) is 10.3 Å². The van der Waals surface area contributed by atoms with E-state index in [0.717, 1.165) is 0 Å². The zero-order valence-electron chi connectivity index (χ0n) is 13.0. The molecule has 0 aliphatic rings. The topological polar surface area (TPSA) is 62.0 Å². The molecule has 5 heteroatoms. The van der Waals surface area contributed by atoms with Crippen LogP contribution in [0.1, 0.15) is 10.4 Å². The van der Waals surface area contributed by atoms with Gasteiger partial charge in [0.15, 0.2) is 5.43 Å². The summed E-state index contributed by atoms with van der Waals surface area (Å²) in [6, 6.07) is 17.9. The summed E-state index contributed by atoms with van der Waals surface area (Å²) in [5.41, 5.74) is 1.87. The van der Waals surface area contributed by atoms with Crippen molar-refractivity contribution in [1.29, 1.82) is 0 Å². The predicted octanol–water partition coefficient (Wildman–Crippen LogP) is 4.07. The van der Waals surface area contributed by atoms with E-state index < -0.39 is 5.82 Å². The zero-order chi connectivity index (χ0) is 17.4. The first-order chi connectivity index (χ1) is 12.1. The summed E-state index contributed by atoms with van der Waals surface area (Å²) >= 11 is 0. The Morgan fingerprint density at radius 3 is 2.32 bits per heavy atom. The smallest absolute Gasteiger partial charge is 0.255 e. The van der Waals surface area contributed by atoms with Crippen molar-refractivity contribution in [3.63, 3.8) is 0 Å². The highest BCUT2D eigenvalue weighted by Gasteiger charge is 2.11. The summed E-state index contributed by atoms with van der Waals surface area (Å²) in [5.74, 6) is -0.790. The number of H-pyrrole nitrogens is 1. The molecule has 4 rings (SSSR count). The summed E-state index contributed by atoms with van der Waals surface area (Å²) in [7, 11) is 0. The van der Waals surface area contributed by atoms with Crippen LogP contribution in [-0.2, 0) is 0 Å². The molecule has 4 aromatic rings. The Kier molecular flexibility index (Phi) is 3.54. The SMILES string of the molecule is O=C(Nc1ccccc1)c1ccc2[nH]c3ccc(F)cc3c(=O)c2c1. The van der Waals surface area contributed by atoms with Crippen molar-refractivity contribution in [2.45, 2.75) is 0 Å². The molecule has 25 heavy (non-hydrogen) atoms. The van der Waals surface area contributed by atoms with Gasteiger partial charge in [0, 0.05) is 33.1 Å². The fourth-order valence-corrected chi connectivity index (χ4v) is 2.81. The normalized spacial score (nSPS) is 10.9. The van der Waals surface area contributed by atoms with Crippen molar-refractivity contribution in [2.24, 2.45) is 0 Å². The van der Waals surface area contributed by atoms with Crippen LogP contribution in [0.5, 0.6) is 0 Å². The number of nitrogens with one attached hydrogen (secondary N) is 2. The van der Waals surface area contributed by atoms with Gasteiger partial charge in [0.05, 0.1) is 0 Å². The van der Waals surface area contributed by atoms with E-state index in [-0.39, 0.29) is 16.7 Å². The van der Waals surface area contributed by atoms with Crippen molar-refractivity contribution in [1.82, 2.24) is 4.98 Å². The second-order valence-corrected chi connectivity index (χ2v) is 5.72. The van der Waals surface area contributed by atoms with E-state index in [1.54, 1.807) is 24.3 Å². The number of aromatic amines is 1. The van der Waals surface area contributed by atoms with Crippen molar-refractivity contribution < 1.29 is 9.18 Å². The molecular formula is C20H13FN2O2. The van der Waals surface area contributed by atoms with E-state index in [0.29, 0.717) is 27.7 Å². The van der Waals surface area contributed by atoms with E-state index in [9.17, 15) is 14.0 Å². The lowest BCUT2D eigenvalue weighted by molar-refractivity contribution is 0.102. The van der Waals surface area contributed by atoms with E-state index >= 15 is 0 Å². The molecule has 1 amide bonds. The number of benzene rings is 3. The minimum absolute atomic E-state index is 0.258. The van der Waals surface area contributed by atoms with Crippen LogP contribution in [0.4, 0.5) is 10.1 Å². The van der Waals surface area contributed by atoms with Gasteiger partial charge in [-0.1, -0.05) is 18.2 Å². The maximum atomic E-state index is 13.4. The van der Waals surface area contributed by atoms with E-state index in [4.69, 9.17) is 0 Å². The number of aromatic nitrogens is 1. The van der Waals surface area contributed by atoms with Crippen LogP contribution in [0.3, 0.4) is 0 Å². The Balaban J connectivity index is 1.81. The maximum Gasteiger partial charge on any atom is 0.255 e. The molecule has 0 aliphatic carbocycles. The minimum Gasteiger partial charge on any atom is -0.354 e. The van der Waals surface area contributed by atoms with Gasteiger partial charge in [0.2, 0.25) is 0 Å². The lowest BCUT2D eigenvalue weighted by atomic mass is 10.1. The Morgan fingerprint density at radius 2 is 1.56 bits per heavy atom. The second-order valence-electron chi connectivity index (χ2n) is 5.72. The number of pyridine rings is 1. The van der Waals surface area contributed by atoms with Crippen molar-refractivity contribution in [3.8, 4) is 0 Å². The molecule has 122 valence electrons. The Hall–Kier alpha value is -3.47. The van der Waals surface area contributed by atoms with Crippen LogP contribution in [0, 0.1) is 5.82 Å². The third-order valence-corrected chi connectivity index (χ3v) is 4.05. The summed E-state index contributed by atoms with van der Waals surface area (Å²) in [6.45, 7) is 0. The molecule has 0 unspecified atom stereocenters. The Labute approximate surface area is 141 Å². The molecule has 0 radical (unpaired) electrons. The standard InChI is InChI=1S/C20H13FN2O2/c21-13-7-9-18-16(11-13)19(24)15-10-12(6-8-17(15)23-18)20(25)22-14-4-2-1-3-5-14/h1-11H,(H,22,25)(H,23,24). The van der Waals surface area contributed by atoms with E-state index in [1.165, 1.54) is 24.3 Å². The van der Waals surface area contributed by atoms with Gasteiger partial charge in [0.25, 0.3) is 5.91 Å². The number of halogens is 1. The molecule has 0 aliphatic heterocycles. The molecule has 0 saturated heterocycles. The zero-order valence-corrected chi connectivity index (χ0v) is 13.0. The van der Waals surface area contributed by atoms with Crippen molar-refractivity contribution in [3.05, 3.63) is 88.3 Å². The van der Waals surface area contributed by atoms with Crippen molar-refractivity contribution >= 4 is 33.4 Å². The molecule has 2 N–H and O–H groups in total. The lowest BCUT2D eigenvalue weighted by Gasteiger charge is -2.07. The van der Waals surface area contributed by atoms with E-state index in [1.807, 2.05) is 18.2 Å². The second kappa shape index (κ2) is 5.87. The van der Waals surface area contributed by atoms with Crippen LogP contribution in [0.2, 0.25) is 0 Å². The number of hydrogen-bond acceptors (Lipinski definition) is 2. The number of para-hydroxylation sites is 1. The fraction of sp³-hybridized carbons (Fsp3) is 0. The van der Waals surface area contributed by atoms with Gasteiger partial charge >= 0.3 is 0 Å². The Bertz CT molecular complexity index is 1170. The van der Waals surface area contributed by atoms with Gasteiger partial charge in [-0.25, -0.2) is 4.39 Å². The predicted molar refractivity (Wildman–Crippen MR) is 96.4 cm³/mol. The molecular weight excluding hydrogens is 319 g/mol. The minimum atomic E-state index is -0.477. The number of carbonyl (C=O) groups is 1. The first kappa shape index (κ1) is 15.1. The van der Waals surface area contributed by atoms with Gasteiger partial charge in [-0.2, -0.15) is 0 Å². The fourth-order valence-electron chi connectivity index (χ4n) is 2.81. The number of rotatable bonds is 2. The highest BCUT2D eigenvalue weighted by Crippen LogP contribution is 2.18. The number of hydrogen-bond donors (Lipinski definition) is 2. The third kappa shape index (κ3) is 2.76. The van der Waals surface area contributed by atoms with Crippen LogP contribution < -0.4 is 10.7 Å². The van der Waals surface area contributed by atoms with Gasteiger partial charge in [-0.3, -0.25) is 9.59 Å². The molecule has 4 nitrogen and oxygen atoms in total. The molecule has 0 bridgehead atoms. The highest BCUT2D eigenvalue weighted by molar-refractivity contribution is 6.06. The molecule has 1 aromatic heterocycles. The molecule has 0 saturated carbocycles. The monoisotopic (exact) mass is 332 g/mol. The number of carbonyl (C=O) groups excluding carboxylic acids is 1. The Morgan fingerprint density at radius 1 is 0.880 bits per heavy atom. The van der Waals surface area contributed by atoms with Crippen LogP contribution >= 0.6 is 0 Å². The molecule has 0 spiro atoms. The molecule has 1 heterocycles. The average molecular weight is 332 g/mol. The van der Waals surface area contributed by atoms with Gasteiger partial charge < -0.3 is 10.3 Å². The van der Waals surface area contributed by atoms with Crippen molar-refractivity contribution in [2.75, 3.05) is 5.32 Å². The first-order valence-corrected chi connectivity index (χ1v) is 7.73. The number of anilines is 1. The molecule has 0 fully saturated rings. The summed E-state index contributed by atoms with van der Waals surface area (Å²) in [6.07, 6.45) is 0. The lowest BCUT2D eigenvalue weighted by Crippen LogP contribution is -2.13. The summed E-state index contributed by atoms with van der Waals surface area (Å²) in [4.78, 5) is 28.2.